The lowest BCUT2D eigenvalue weighted by molar-refractivity contribution is 0.167. The Balaban J connectivity index is 3.11. The Bertz CT molecular complexity index is 321. The normalized spacial score (nSPS) is 14.5. The van der Waals surface area contributed by atoms with Crippen LogP contribution in [0.2, 0.25) is 0 Å². The highest BCUT2D eigenvalue weighted by Crippen LogP contribution is 2.31. The molecule has 3 heteroatoms. The summed E-state index contributed by atoms with van der Waals surface area (Å²) in [4.78, 5) is 0. The van der Waals surface area contributed by atoms with Crippen LogP contribution in [0.25, 0.3) is 0 Å². The number of rotatable bonds is 4. The smallest absolute Gasteiger partial charge is 0.122 e. The van der Waals surface area contributed by atoms with Crippen molar-refractivity contribution in [2.75, 3.05) is 14.2 Å². The minimum atomic E-state index is -0.411. The van der Waals surface area contributed by atoms with Crippen LogP contribution in [0.1, 0.15) is 25.3 Å². The van der Waals surface area contributed by atoms with Crippen LogP contribution in [0.5, 0.6) is 11.5 Å². The van der Waals surface area contributed by atoms with Gasteiger partial charge >= 0.3 is 0 Å². The predicted octanol–water partition coefficient (Wildman–Crippen LogP) is 2.19. The van der Waals surface area contributed by atoms with Crippen LogP contribution >= 0.6 is 0 Å². The van der Waals surface area contributed by atoms with E-state index in [2.05, 4.69) is 0 Å². The average molecular weight is 210 g/mol. The molecule has 0 aliphatic heterocycles. The highest BCUT2D eigenvalue weighted by molar-refractivity contribution is 5.42. The van der Waals surface area contributed by atoms with Crippen molar-refractivity contribution in [1.82, 2.24) is 0 Å². The molecule has 0 unspecified atom stereocenters. The van der Waals surface area contributed by atoms with E-state index in [1.54, 1.807) is 21.1 Å². The van der Waals surface area contributed by atoms with E-state index < -0.39 is 6.10 Å². The van der Waals surface area contributed by atoms with E-state index in [4.69, 9.17) is 9.47 Å². The average Bonchev–Trinajstić information content (AvgIpc) is 2.27. The molecule has 0 heterocycles. The molecule has 0 saturated heterocycles. The predicted molar refractivity (Wildman–Crippen MR) is 59.6 cm³/mol. The topological polar surface area (TPSA) is 38.7 Å². The summed E-state index contributed by atoms with van der Waals surface area (Å²) in [5.74, 6) is 1.58. The van der Waals surface area contributed by atoms with Crippen LogP contribution in [0.15, 0.2) is 18.2 Å². The number of benzene rings is 1. The van der Waals surface area contributed by atoms with Gasteiger partial charge in [-0.05, 0) is 25.1 Å². The Kier molecular flexibility index (Phi) is 3.97. The van der Waals surface area contributed by atoms with E-state index >= 15 is 0 Å². The molecule has 1 N–H and O–H groups in total. The fourth-order valence-electron chi connectivity index (χ4n) is 1.46. The van der Waals surface area contributed by atoms with Crippen molar-refractivity contribution in [2.24, 2.45) is 0 Å². The van der Waals surface area contributed by atoms with Gasteiger partial charge in [-0.25, -0.2) is 0 Å². The number of ether oxygens (including phenoxy) is 2. The first-order valence-electron chi connectivity index (χ1n) is 5.00. The molecule has 0 aliphatic carbocycles. The molecule has 0 bridgehead atoms. The van der Waals surface area contributed by atoms with Crippen molar-refractivity contribution >= 4 is 0 Å². The highest BCUT2D eigenvalue weighted by atomic mass is 16.5. The third-order valence-electron chi connectivity index (χ3n) is 2.65. The molecule has 0 spiro atoms. The standard InChI is InChI=1S/C12H18O3/c1-8(9(2)13)11-7-10(14-3)5-6-12(11)15-4/h5-9,13H,1-4H3/t8-,9+/m1/s1. The van der Waals surface area contributed by atoms with Gasteiger partial charge in [0.15, 0.2) is 0 Å². The van der Waals surface area contributed by atoms with Gasteiger partial charge in [0, 0.05) is 11.5 Å². The zero-order chi connectivity index (χ0) is 11.4. The maximum absolute atomic E-state index is 9.56. The molecule has 0 amide bonds. The molecule has 0 fully saturated rings. The first kappa shape index (κ1) is 11.9. The van der Waals surface area contributed by atoms with Gasteiger partial charge in [-0.15, -0.1) is 0 Å². The number of aliphatic hydroxyl groups excluding tert-OH is 1. The molecule has 1 rings (SSSR count). The van der Waals surface area contributed by atoms with Crippen molar-refractivity contribution in [3.05, 3.63) is 23.8 Å². The molecule has 0 aromatic heterocycles. The molecule has 2 atom stereocenters. The summed E-state index contributed by atoms with van der Waals surface area (Å²) >= 11 is 0. The number of methoxy groups -OCH3 is 2. The van der Waals surface area contributed by atoms with Crippen LogP contribution in [-0.4, -0.2) is 25.4 Å². The summed E-state index contributed by atoms with van der Waals surface area (Å²) in [5.41, 5.74) is 0.965. The van der Waals surface area contributed by atoms with Gasteiger partial charge < -0.3 is 14.6 Å². The van der Waals surface area contributed by atoms with Gasteiger partial charge in [0.1, 0.15) is 11.5 Å². The molecule has 15 heavy (non-hydrogen) atoms. The lowest BCUT2D eigenvalue weighted by Gasteiger charge is -2.18. The Labute approximate surface area is 90.6 Å². The Hall–Kier alpha value is -1.22. The summed E-state index contributed by atoms with van der Waals surface area (Å²) in [6, 6.07) is 5.60. The number of hydrogen-bond acceptors (Lipinski definition) is 3. The lowest BCUT2D eigenvalue weighted by atomic mass is 9.95. The molecule has 1 aromatic rings. The quantitative estimate of drug-likeness (QED) is 0.828. The van der Waals surface area contributed by atoms with Crippen molar-refractivity contribution in [3.63, 3.8) is 0 Å². The zero-order valence-corrected chi connectivity index (χ0v) is 9.65. The van der Waals surface area contributed by atoms with Gasteiger partial charge in [-0.1, -0.05) is 6.92 Å². The molecular formula is C12H18O3. The number of aliphatic hydroxyl groups is 1. The lowest BCUT2D eigenvalue weighted by Crippen LogP contribution is -2.12. The largest absolute Gasteiger partial charge is 0.497 e. The summed E-state index contributed by atoms with van der Waals surface area (Å²) in [6.07, 6.45) is -0.411. The van der Waals surface area contributed by atoms with Crippen LogP contribution in [0, 0.1) is 0 Å². The summed E-state index contributed by atoms with van der Waals surface area (Å²) < 4.78 is 10.4. The van der Waals surface area contributed by atoms with Gasteiger partial charge in [0.2, 0.25) is 0 Å². The van der Waals surface area contributed by atoms with E-state index in [1.807, 2.05) is 25.1 Å². The maximum Gasteiger partial charge on any atom is 0.122 e. The monoisotopic (exact) mass is 210 g/mol. The van der Waals surface area contributed by atoms with E-state index in [9.17, 15) is 5.11 Å². The molecule has 3 nitrogen and oxygen atoms in total. The fourth-order valence-corrected chi connectivity index (χ4v) is 1.46. The SMILES string of the molecule is COc1ccc(OC)c([C@H](C)[C@H](C)O)c1. The fraction of sp³-hybridized carbons (Fsp3) is 0.500. The van der Waals surface area contributed by atoms with Gasteiger partial charge in [-0.3, -0.25) is 0 Å². The molecule has 0 aliphatic rings. The van der Waals surface area contributed by atoms with Gasteiger partial charge in [0.25, 0.3) is 0 Å². The van der Waals surface area contributed by atoms with Crippen LogP contribution in [-0.2, 0) is 0 Å². The minimum Gasteiger partial charge on any atom is -0.497 e. The van der Waals surface area contributed by atoms with Crippen molar-refractivity contribution in [2.45, 2.75) is 25.9 Å². The molecule has 0 radical (unpaired) electrons. The molecular weight excluding hydrogens is 192 g/mol. The second kappa shape index (κ2) is 5.03. The highest BCUT2D eigenvalue weighted by Gasteiger charge is 2.16. The van der Waals surface area contributed by atoms with Crippen LogP contribution < -0.4 is 9.47 Å². The molecule has 1 aromatic carbocycles. The van der Waals surface area contributed by atoms with Gasteiger partial charge in [0.05, 0.1) is 20.3 Å². The van der Waals surface area contributed by atoms with Crippen molar-refractivity contribution in [1.29, 1.82) is 0 Å². The minimum absolute atomic E-state index is 0.0232. The Morgan fingerprint density at radius 3 is 2.27 bits per heavy atom. The summed E-state index contributed by atoms with van der Waals surface area (Å²) in [5, 5.41) is 9.56. The van der Waals surface area contributed by atoms with Gasteiger partial charge in [-0.2, -0.15) is 0 Å². The third-order valence-corrected chi connectivity index (χ3v) is 2.65. The zero-order valence-electron chi connectivity index (χ0n) is 9.65. The van der Waals surface area contributed by atoms with Crippen molar-refractivity contribution in [3.8, 4) is 11.5 Å². The van der Waals surface area contributed by atoms with E-state index in [0.717, 1.165) is 17.1 Å². The third kappa shape index (κ3) is 2.63. The van der Waals surface area contributed by atoms with Crippen LogP contribution in [0.3, 0.4) is 0 Å². The Morgan fingerprint density at radius 2 is 1.80 bits per heavy atom. The molecule has 0 saturated carbocycles. The summed E-state index contributed by atoms with van der Waals surface area (Å²) in [6.45, 7) is 3.73. The van der Waals surface area contributed by atoms with E-state index in [-0.39, 0.29) is 5.92 Å². The first-order valence-corrected chi connectivity index (χ1v) is 5.00. The number of hydrogen-bond donors (Lipinski definition) is 1. The molecule has 84 valence electrons. The maximum atomic E-state index is 9.56. The van der Waals surface area contributed by atoms with Crippen molar-refractivity contribution < 1.29 is 14.6 Å². The summed E-state index contributed by atoms with van der Waals surface area (Å²) in [7, 11) is 3.25. The second-order valence-corrected chi connectivity index (χ2v) is 3.64. The first-order chi connectivity index (χ1) is 7.10. The second-order valence-electron chi connectivity index (χ2n) is 3.64. The van der Waals surface area contributed by atoms with E-state index in [1.165, 1.54) is 0 Å². The van der Waals surface area contributed by atoms with E-state index in [0.29, 0.717) is 0 Å². The van der Waals surface area contributed by atoms with Crippen LogP contribution in [0.4, 0.5) is 0 Å². The Morgan fingerprint density at radius 1 is 1.13 bits per heavy atom.